The molecule has 4 nitrogen and oxygen atoms in total. The number of aliphatic carboxylic acids is 2. The number of carboxylic acid groups (broad SMARTS) is 2. The number of hydrogen-bond donors (Lipinski definition) is 0. The summed E-state index contributed by atoms with van der Waals surface area (Å²) in [4.78, 5) is 23.2. The van der Waals surface area contributed by atoms with E-state index in [4.69, 9.17) is 0 Å². The summed E-state index contributed by atoms with van der Waals surface area (Å²) in [6.07, 6.45) is 11.0. The maximum absolute atomic E-state index is 11.6. The van der Waals surface area contributed by atoms with Crippen LogP contribution in [0.5, 0.6) is 0 Å². The summed E-state index contributed by atoms with van der Waals surface area (Å²) in [6.45, 7) is 2.20. The van der Waals surface area contributed by atoms with Gasteiger partial charge in [0.1, 0.15) is 0 Å². The van der Waals surface area contributed by atoms with Crippen molar-refractivity contribution in [1.29, 1.82) is 0 Å². The van der Waals surface area contributed by atoms with Gasteiger partial charge in [-0.05, 0) is 12.0 Å². The molecule has 0 amide bonds. The van der Waals surface area contributed by atoms with Crippen LogP contribution in [0.15, 0.2) is 30.3 Å². The number of unbranched alkanes of at least 4 members (excludes halogenated alkanes) is 9. The zero-order valence-corrected chi connectivity index (χ0v) is 20.4. The van der Waals surface area contributed by atoms with Crippen molar-refractivity contribution in [3.63, 3.8) is 0 Å². The normalized spacial score (nSPS) is 10.6. The minimum Gasteiger partial charge on any atom is -0.549 e. The standard InChI is InChI=1S/C21H32O4.K.Li/c1-2-3-4-5-6-7-8-9-10-14-17-21(19(22)23,20(24)25)18-15-12-11-13-16-18;;/h11-13,15-16H,2-10,14,17H2,1H3,(H,22,23)(H,24,25);;/q;2*+1/p-2. The van der Waals surface area contributed by atoms with Gasteiger partial charge < -0.3 is 19.8 Å². The van der Waals surface area contributed by atoms with Gasteiger partial charge in [0.15, 0.2) is 0 Å². The molecule has 27 heavy (non-hydrogen) atoms. The second-order valence-electron chi connectivity index (χ2n) is 6.78. The summed E-state index contributed by atoms with van der Waals surface area (Å²) in [6, 6.07) is 8.02. The molecule has 0 spiro atoms. The van der Waals surface area contributed by atoms with Gasteiger partial charge in [0.25, 0.3) is 0 Å². The van der Waals surface area contributed by atoms with Gasteiger partial charge in [-0.2, -0.15) is 0 Å². The second-order valence-corrected chi connectivity index (χ2v) is 6.78. The van der Waals surface area contributed by atoms with Crippen molar-refractivity contribution in [3.05, 3.63) is 35.9 Å². The molecular weight excluding hydrogens is 362 g/mol. The van der Waals surface area contributed by atoms with E-state index in [0.29, 0.717) is 6.42 Å². The Kier molecular flexibility index (Phi) is 18.9. The van der Waals surface area contributed by atoms with E-state index in [0.717, 1.165) is 19.3 Å². The first kappa shape index (κ1) is 29.6. The fourth-order valence-corrected chi connectivity index (χ4v) is 3.27. The van der Waals surface area contributed by atoms with E-state index in [9.17, 15) is 19.8 Å². The molecule has 0 radical (unpaired) electrons. The van der Waals surface area contributed by atoms with Crippen molar-refractivity contribution in [1.82, 2.24) is 0 Å². The van der Waals surface area contributed by atoms with Crippen LogP contribution in [0.3, 0.4) is 0 Å². The Morgan fingerprint density at radius 1 is 0.778 bits per heavy atom. The molecule has 1 aromatic rings. The zero-order valence-electron chi connectivity index (χ0n) is 17.3. The van der Waals surface area contributed by atoms with Crippen molar-refractivity contribution in [2.24, 2.45) is 0 Å². The molecule has 0 aliphatic carbocycles. The topological polar surface area (TPSA) is 80.3 Å². The third kappa shape index (κ3) is 10.1. The molecule has 140 valence electrons. The number of benzene rings is 1. The number of carbonyl (C=O) groups excluding carboxylic acids is 2. The van der Waals surface area contributed by atoms with Crippen LogP contribution in [0, 0.1) is 0 Å². The Bertz CT molecular complexity index is 508. The average Bonchev–Trinajstić information content (AvgIpc) is 2.60. The molecule has 6 heteroatoms. The van der Waals surface area contributed by atoms with Gasteiger partial charge in [-0.3, -0.25) is 0 Å². The van der Waals surface area contributed by atoms with Gasteiger partial charge in [-0.1, -0.05) is 101 Å². The predicted octanol–water partition coefficient (Wildman–Crippen LogP) is -3.26. The number of hydrogen-bond acceptors (Lipinski definition) is 4. The van der Waals surface area contributed by atoms with Crippen molar-refractivity contribution < 1.29 is 90.0 Å². The number of carbonyl (C=O) groups is 2. The molecule has 0 aliphatic rings. The van der Waals surface area contributed by atoms with E-state index >= 15 is 0 Å². The van der Waals surface area contributed by atoms with Crippen LogP contribution in [0.2, 0.25) is 0 Å². The van der Waals surface area contributed by atoms with Crippen LogP contribution in [-0.4, -0.2) is 11.9 Å². The van der Waals surface area contributed by atoms with Crippen molar-refractivity contribution in [3.8, 4) is 0 Å². The van der Waals surface area contributed by atoms with E-state index in [1.807, 2.05) is 0 Å². The quantitative estimate of drug-likeness (QED) is 0.189. The first-order valence-corrected chi connectivity index (χ1v) is 9.54. The first-order valence-electron chi connectivity index (χ1n) is 9.54. The van der Waals surface area contributed by atoms with Crippen molar-refractivity contribution in [2.45, 2.75) is 83.0 Å². The Labute approximate surface area is 218 Å². The van der Waals surface area contributed by atoms with Gasteiger partial charge in [0.2, 0.25) is 0 Å². The van der Waals surface area contributed by atoms with Gasteiger partial charge >= 0.3 is 70.2 Å². The van der Waals surface area contributed by atoms with Gasteiger partial charge in [-0.15, -0.1) is 0 Å². The van der Waals surface area contributed by atoms with Crippen molar-refractivity contribution >= 4 is 11.9 Å². The van der Waals surface area contributed by atoms with Gasteiger partial charge in [-0.25, -0.2) is 0 Å². The third-order valence-electron chi connectivity index (χ3n) is 4.87. The Morgan fingerprint density at radius 2 is 1.19 bits per heavy atom. The van der Waals surface area contributed by atoms with Crippen molar-refractivity contribution in [2.75, 3.05) is 0 Å². The summed E-state index contributed by atoms with van der Waals surface area (Å²) in [5, 5.41) is 23.2. The molecule has 0 saturated carbocycles. The summed E-state index contributed by atoms with van der Waals surface area (Å²) in [5.74, 6) is -3.18. The summed E-state index contributed by atoms with van der Waals surface area (Å²) >= 11 is 0. The minimum absolute atomic E-state index is 0. The van der Waals surface area contributed by atoms with Crippen LogP contribution in [0.4, 0.5) is 0 Å². The average molecular weight is 393 g/mol. The zero-order chi connectivity index (χ0) is 18.5. The van der Waals surface area contributed by atoms with Crippen LogP contribution in [0.25, 0.3) is 0 Å². The second kappa shape index (κ2) is 17.3. The SMILES string of the molecule is CCCCCCCCCCCCC(C(=O)[O-])(C(=O)[O-])c1ccccc1.[K+].[Li+]. The largest absolute Gasteiger partial charge is 1.00 e. The maximum Gasteiger partial charge on any atom is 1.00 e. The Balaban J connectivity index is 0. The fourth-order valence-electron chi connectivity index (χ4n) is 3.27. The van der Waals surface area contributed by atoms with E-state index in [1.165, 1.54) is 50.7 Å². The molecule has 0 aliphatic heterocycles. The molecule has 1 aromatic carbocycles. The predicted molar refractivity (Wildman–Crippen MR) is 94.6 cm³/mol. The Hall–Kier alpha value is 0.394. The van der Waals surface area contributed by atoms with E-state index in [1.54, 1.807) is 18.2 Å². The molecular formula is C21H30KLiO4. The van der Waals surface area contributed by atoms with Gasteiger partial charge in [0, 0.05) is 0 Å². The molecule has 0 saturated heterocycles. The fraction of sp³-hybridized carbons (Fsp3) is 0.619. The molecule has 0 unspecified atom stereocenters. The summed E-state index contributed by atoms with van der Waals surface area (Å²) in [5.41, 5.74) is -1.83. The smallest absolute Gasteiger partial charge is 0.549 e. The molecule has 0 fully saturated rings. The number of rotatable bonds is 14. The van der Waals surface area contributed by atoms with Crippen LogP contribution in [-0.2, 0) is 15.0 Å². The maximum atomic E-state index is 11.6. The van der Waals surface area contributed by atoms with Gasteiger partial charge in [0.05, 0.1) is 17.4 Å². The first-order chi connectivity index (χ1) is 12.1. The third-order valence-corrected chi connectivity index (χ3v) is 4.87. The molecule has 0 aromatic heterocycles. The van der Waals surface area contributed by atoms with E-state index in [2.05, 4.69) is 6.92 Å². The summed E-state index contributed by atoms with van der Waals surface area (Å²) < 4.78 is 0. The molecule has 0 N–H and O–H groups in total. The Morgan fingerprint density at radius 3 is 1.59 bits per heavy atom. The molecule has 1 rings (SSSR count). The van der Waals surface area contributed by atoms with Crippen LogP contribution in [0.1, 0.15) is 83.1 Å². The molecule has 0 atom stereocenters. The van der Waals surface area contributed by atoms with E-state index < -0.39 is 17.4 Å². The molecule has 0 heterocycles. The van der Waals surface area contributed by atoms with Crippen LogP contribution >= 0.6 is 0 Å². The molecule has 0 bridgehead atoms. The number of carboxylic acids is 2. The summed E-state index contributed by atoms with van der Waals surface area (Å²) in [7, 11) is 0. The van der Waals surface area contributed by atoms with Crippen LogP contribution < -0.4 is 80.5 Å². The monoisotopic (exact) mass is 392 g/mol. The van der Waals surface area contributed by atoms with E-state index in [-0.39, 0.29) is 82.2 Å². The minimum atomic E-state index is -2.05.